The van der Waals surface area contributed by atoms with Crippen LogP contribution < -0.4 is 5.73 Å². The minimum absolute atomic E-state index is 0.172. The van der Waals surface area contributed by atoms with E-state index in [0.29, 0.717) is 11.5 Å². The van der Waals surface area contributed by atoms with Crippen LogP contribution in [0.15, 0.2) is 11.3 Å². The van der Waals surface area contributed by atoms with Gasteiger partial charge in [-0.2, -0.15) is 0 Å². The Morgan fingerprint density at radius 2 is 2.57 bits per heavy atom. The second kappa shape index (κ2) is 3.55. The number of hydrogen-bond acceptors (Lipinski definition) is 5. The minimum atomic E-state index is -0.873. The van der Waals surface area contributed by atoms with Crippen LogP contribution in [0.2, 0.25) is 0 Å². The Morgan fingerprint density at radius 3 is 3.29 bits per heavy atom. The molecule has 1 aliphatic heterocycles. The van der Waals surface area contributed by atoms with Crippen LogP contribution in [0.1, 0.15) is 18.8 Å². The maximum absolute atomic E-state index is 11.0. The summed E-state index contributed by atoms with van der Waals surface area (Å²) < 4.78 is 1.96. The summed E-state index contributed by atoms with van der Waals surface area (Å²) >= 11 is -0.873. The Bertz CT molecular complexity index is 387. The van der Waals surface area contributed by atoms with E-state index < -0.39 is 16.0 Å². The van der Waals surface area contributed by atoms with Crippen molar-refractivity contribution in [3.8, 4) is 0 Å². The Balaban J connectivity index is 2.23. The van der Waals surface area contributed by atoms with E-state index in [0.717, 1.165) is 0 Å². The van der Waals surface area contributed by atoms with Gasteiger partial charge in [-0.05, 0) is 0 Å². The normalized spacial score (nSPS) is 20.4. The summed E-state index contributed by atoms with van der Waals surface area (Å²) in [6.45, 7) is 1.57. The third-order valence-corrected chi connectivity index (χ3v) is 3.85. The van der Waals surface area contributed by atoms with E-state index in [1.807, 2.05) is 0 Å². The monoisotopic (exact) mass is 255 g/mol. The van der Waals surface area contributed by atoms with Crippen LogP contribution in [-0.4, -0.2) is 40.7 Å². The number of aliphatic imine (C=N–C) groups is 1. The maximum atomic E-state index is 11.0. The van der Waals surface area contributed by atoms with E-state index >= 15 is 0 Å². The van der Waals surface area contributed by atoms with E-state index in [1.54, 1.807) is 23.4 Å². The average Bonchev–Trinajstić information content (AvgIpc) is 2.57. The van der Waals surface area contributed by atoms with E-state index in [1.165, 1.54) is 0 Å². The van der Waals surface area contributed by atoms with Crippen LogP contribution in [0.3, 0.4) is 0 Å². The molecule has 0 saturated carbocycles. The Labute approximate surface area is 87.5 Å². The molecule has 0 bridgehead atoms. The van der Waals surface area contributed by atoms with E-state index in [9.17, 15) is 4.79 Å². The van der Waals surface area contributed by atoms with Gasteiger partial charge < -0.3 is 0 Å². The first-order valence-electron chi connectivity index (χ1n) is 4.07. The fourth-order valence-electron chi connectivity index (χ4n) is 1.22. The summed E-state index contributed by atoms with van der Waals surface area (Å²) in [7, 11) is 0. The first kappa shape index (κ1) is 9.42. The van der Waals surface area contributed by atoms with Crippen LogP contribution >= 0.6 is 0 Å². The average molecular weight is 255 g/mol. The molecule has 2 atom stereocenters. The number of aromatic amines is 1. The number of nitrogens with two attached hydrogens (primary N) is 1. The van der Waals surface area contributed by atoms with Gasteiger partial charge in [-0.15, -0.1) is 0 Å². The molecule has 14 heavy (non-hydrogen) atoms. The third-order valence-electron chi connectivity index (χ3n) is 1.83. The fraction of sp³-hybridized carbons (Fsp3) is 0.286. The second-order valence-electron chi connectivity index (χ2n) is 2.90. The molecule has 0 radical (unpaired) electrons. The van der Waals surface area contributed by atoms with Crippen molar-refractivity contribution in [2.24, 2.45) is 10.7 Å². The molecule has 1 aromatic heterocycles. The number of carbonyl (C=O) groups is 1. The van der Waals surface area contributed by atoms with E-state index in [2.05, 4.69) is 15.0 Å². The number of fused-ring (bicyclic) bond motifs is 1. The number of H-pyrrole nitrogens is 1. The third kappa shape index (κ3) is 1.58. The van der Waals surface area contributed by atoms with Gasteiger partial charge in [-0.25, -0.2) is 0 Å². The topological polar surface area (TPSA) is 87.4 Å². The van der Waals surface area contributed by atoms with Crippen LogP contribution in [0.5, 0.6) is 0 Å². The van der Waals surface area contributed by atoms with Crippen molar-refractivity contribution in [2.45, 2.75) is 13.1 Å². The molecule has 2 rings (SSSR count). The summed E-state index contributed by atoms with van der Waals surface area (Å²) in [5.41, 5.74) is 6.62. The van der Waals surface area contributed by atoms with Crippen molar-refractivity contribution >= 4 is 32.7 Å². The SMILES string of the molecule is CC(=O)[AsH]N1C=Nc2[nH]cnc2C1N. The molecule has 74 valence electrons. The molecular weight excluding hydrogens is 245 g/mol. The zero-order valence-corrected chi connectivity index (χ0v) is 9.66. The number of nitrogens with zero attached hydrogens (tertiary/aromatic N) is 3. The van der Waals surface area contributed by atoms with Crippen molar-refractivity contribution < 1.29 is 4.79 Å². The van der Waals surface area contributed by atoms with E-state index in [-0.39, 0.29) is 10.7 Å². The number of carbonyl (C=O) groups excluding carboxylic acids is 1. The molecule has 0 aromatic carbocycles. The number of nitrogens with one attached hydrogen (secondary N) is 1. The fourth-order valence-corrected chi connectivity index (χ4v) is 2.78. The Hall–Kier alpha value is -1.13. The van der Waals surface area contributed by atoms with Crippen LogP contribution in [-0.2, 0) is 4.79 Å². The van der Waals surface area contributed by atoms with E-state index in [4.69, 9.17) is 5.73 Å². The van der Waals surface area contributed by atoms with Gasteiger partial charge in [0.2, 0.25) is 0 Å². The van der Waals surface area contributed by atoms with Gasteiger partial charge >= 0.3 is 87.1 Å². The van der Waals surface area contributed by atoms with Crippen molar-refractivity contribution in [2.75, 3.05) is 0 Å². The molecule has 0 fully saturated rings. The molecule has 0 aliphatic carbocycles. The quantitative estimate of drug-likeness (QED) is 0.680. The molecule has 2 heterocycles. The summed E-state index contributed by atoms with van der Waals surface area (Å²) in [6.07, 6.45) is 2.84. The van der Waals surface area contributed by atoms with Gasteiger partial charge in [0.05, 0.1) is 0 Å². The summed E-state index contributed by atoms with van der Waals surface area (Å²) in [5, 5.41) is 0. The molecule has 0 spiro atoms. The zero-order valence-electron chi connectivity index (χ0n) is 7.56. The predicted octanol–water partition coefficient (Wildman–Crippen LogP) is -0.760. The molecule has 7 heteroatoms. The molecular formula is C7H10AsN5O. The Kier molecular flexibility index (Phi) is 2.39. The molecule has 0 amide bonds. The van der Waals surface area contributed by atoms with Gasteiger partial charge in [0.25, 0.3) is 0 Å². The summed E-state index contributed by atoms with van der Waals surface area (Å²) in [5.74, 6) is 0.684. The molecule has 1 aromatic rings. The molecule has 2 unspecified atom stereocenters. The number of rotatable bonds is 2. The molecule has 1 aliphatic rings. The molecule has 6 nitrogen and oxygen atoms in total. The van der Waals surface area contributed by atoms with Gasteiger partial charge in [0, 0.05) is 0 Å². The number of hydrogen-bond donors (Lipinski definition) is 2. The van der Waals surface area contributed by atoms with Crippen molar-refractivity contribution in [1.82, 2.24) is 13.8 Å². The van der Waals surface area contributed by atoms with Crippen molar-refractivity contribution in [1.29, 1.82) is 0 Å². The molecule has 3 N–H and O–H groups in total. The molecule has 0 saturated heterocycles. The van der Waals surface area contributed by atoms with Gasteiger partial charge in [0.15, 0.2) is 0 Å². The summed E-state index contributed by atoms with van der Waals surface area (Å²) in [4.78, 5) is 22.0. The number of aromatic nitrogens is 2. The first-order chi connectivity index (χ1) is 6.68. The predicted molar refractivity (Wildman–Crippen MR) is 53.3 cm³/mol. The van der Waals surface area contributed by atoms with Crippen LogP contribution in [0.25, 0.3) is 0 Å². The second-order valence-corrected chi connectivity index (χ2v) is 5.93. The number of imidazole rings is 1. The van der Waals surface area contributed by atoms with Gasteiger partial charge in [-0.3, -0.25) is 0 Å². The van der Waals surface area contributed by atoms with Crippen LogP contribution in [0, 0.1) is 0 Å². The Morgan fingerprint density at radius 1 is 1.79 bits per heavy atom. The van der Waals surface area contributed by atoms with Crippen molar-refractivity contribution in [3.05, 3.63) is 12.0 Å². The van der Waals surface area contributed by atoms with Gasteiger partial charge in [0.1, 0.15) is 0 Å². The summed E-state index contributed by atoms with van der Waals surface area (Å²) in [6, 6.07) is 0. The van der Waals surface area contributed by atoms with Crippen molar-refractivity contribution in [3.63, 3.8) is 0 Å². The van der Waals surface area contributed by atoms with Gasteiger partial charge in [-0.1, -0.05) is 0 Å². The first-order valence-corrected chi connectivity index (χ1v) is 6.06. The van der Waals surface area contributed by atoms with Crippen LogP contribution in [0.4, 0.5) is 5.82 Å². The zero-order chi connectivity index (χ0) is 10.1. The standard InChI is InChI=1S/C7H10AsN5O/c1-4(14)8-13-3-12-7-5(6(13)9)10-2-11-7/h2-3,6,8H,9H2,1H3,(H,10,11).